The normalized spacial score (nSPS) is 16.9. The van der Waals surface area contributed by atoms with Crippen LogP contribution in [0, 0.1) is 0 Å². The van der Waals surface area contributed by atoms with E-state index in [2.05, 4.69) is 37.6 Å². The van der Waals surface area contributed by atoms with Gasteiger partial charge in [-0.3, -0.25) is 4.79 Å². The van der Waals surface area contributed by atoms with E-state index in [4.69, 9.17) is 0 Å². The highest BCUT2D eigenvalue weighted by Gasteiger charge is 2.21. The molecule has 24 heavy (non-hydrogen) atoms. The second kappa shape index (κ2) is 6.47. The SMILES string of the molecule is O=C(Nc1ccc(N2CCCC2)cc1)c1cc(NC2CC2)ncn1. The number of hydrogen-bond acceptors (Lipinski definition) is 5. The molecular formula is C18H21N5O. The minimum Gasteiger partial charge on any atom is -0.372 e. The van der Waals surface area contributed by atoms with E-state index in [-0.39, 0.29) is 5.91 Å². The van der Waals surface area contributed by atoms with Crippen LogP contribution in [0.5, 0.6) is 0 Å². The Hall–Kier alpha value is -2.63. The number of aromatic nitrogens is 2. The Morgan fingerprint density at radius 3 is 2.54 bits per heavy atom. The largest absolute Gasteiger partial charge is 0.372 e. The molecule has 4 rings (SSSR count). The topological polar surface area (TPSA) is 70.2 Å². The van der Waals surface area contributed by atoms with Crippen LogP contribution in [-0.4, -0.2) is 35.0 Å². The van der Waals surface area contributed by atoms with Crippen LogP contribution in [0.4, 0.5) is 17.2 Å². The predicted molar refractivity (Wildman–Crippen MR) is 94.5 cm³/mol. The fourth-order valence-electron chi connectivity index (χ4n) is 2.92. The van der Waals surface area contributed by atoms with Crippen LogP contribution < -0.4 is 15.5 Å². The van der Waals surface area contributed by atoms with Crippen molar-refractivity contribution in [2.45, 2.75) is 31.7 Å². The summed E-state index contributed by atoms with van der Waals surface area (Å²) < 4.78 is 0. The Kier molecular flexibility index (Phi) is 4.02. The summed E-state index contributed by atoms with van der Waals surface area (Å²) in [4.78, 5) is 23.0. The number of carbonyl (C=O) groups is 1. The van der Waals surface area contributed by atoms with E-state index in [1.807, 2.05) is 12.1 Å². The maximum absolute atomic E-state index is 12.4. The number of rotatable bonds is 5. The van der Waals surface area contributed by atoms with Crippen molar-refractivity contribution < 1.29 is 4.79 Å². The van der Waals surface area contributed by atoms with Gasteiger partial charge in [-0.05, 0) is 49.9 Å². The molecule has 0 unspecified atom stereocenters. The van der Waals surface area contributed by atoms with E-state index in [0.717, 1.165) is 31.6 Å². The molecular weight excluding hydrogens is 302 g/mol. The van der Waals surface area contributed by atoms with Crippen LogP contribution in [0.2, 0.25) is 0 Å². The fraction of sp³-hybridized carbons (Fsp3) is 0.389. The number of nitrogens with zero attached hydrogens (tertiary/aromatic N) is 3. The van der Waals surface area contributed by atoms with Gasteiger partial charge in [-0.2, -0.15) is 0 Å². The zero-order valence-corrected chi connectivity index (χ0v) is 13.5. The summed E-state index contributed by atoms with van der Waals surface area (Å²) >= 11 is 0. The Morgan fingerprint density at radius 1 is 1.08 bits per heavy atom. The van der Waals surface area contributed by atoms with Gasteiger partial charge in [-0.15, -0.1) is 0 Å². The van der Waals surface area contributed by atoms with Crippen molar-refractivity contribution in [1.82, 2.24) is 9.97 Å². The van der Waals surface area contributed by atoms with Crippen LogP contribution in [0.15, 0.2) is 36.7 Å². The first-order chi connectivity index (χ1) is 11.8. The van der Waals surface area contributed by atoms with Crippen molar-refractivity contribution in [3.8, 4) is 0 Å². The molecule has 1 aliphatic carbocycles. The molecule has 0 atom stereocenters. The zero-order chi connectivity index (χ0) is 16.4. The lowest BCUT2D eigenvalue weighted by Crippen LogP contribution is -2.18. The minimum absolute atomic E-state index is 0.217. The van der Waals surface area contributed by atoms with Gasteiger partial charge >= 0.3 is 0 Å². The summed E-state index contributed by atoms with van der Waals surface area (Å²) in [6, 6.07) is 10.2. The van der Waals surface area contributed by atoms with Gasteiger partial charge < -0.3 is 15.5 Å². The van der Waals surface area contributed by atoms with E-state index in [9.17, 15) is 4.79 Å². The van der Waals surface area contributed by atoms with Gasteiger partial charge in [-0.1, -0.05) is 0 Å². The average molecular weight is 323 g/mol. The van der Waals surface area contributed by atoms with E-state index < -0.39 is 0 Å². The molecule has 124 valence electrons. The second-order valence-corrected chi connectivity index (χ2v) is 6.40. The van der Waals surface area contributed by atoms with Crippen molar-refractivity contribution in [2.24, 2.45) is 0 Å². The quantitative estimate of drug-likeness (QED) is 0.885. The third-order valence-corrected chi connectivity index (χ3v) is 4.43. The average Bonchev–Trinajstić information content (AvgIpc) is 3.25. The lowest BCUT2D eigenvalue weighted by molar-refractivity contribution is 0.102. The van der Waals surface area contributed by atoms with Crippen molar-refractivity contribution in [1.29, 1.82) is 0 Å². The Bertz CT molecular complexity index is 720. The molecule has 2 heterocycles. The highest BCUT2D eigenvalue weighted by molar-refractivity contribution is 6.03. The molecule has 1 aliphatic heterocycles. The molecule has 1 aromatic heterocycles. The number of nitrogens with one attached hydrogen (secondary N) is 2. The molecule has 0 radical (unpaired) electrons. The number of benzene rings is 1. The molecule has 6 heteroatoms. The molecule has 2 fully saturated rings. The minimum atomic E-state index is -0.217. The van der Waals surface area contributed by atoms with Gasteiger partial charge in [0.15, 0.2) is 0 Å². The maximum Gasteiger partial charge on any atom is 0.274 e. The summed E-state index contributed by atoms with van der Waals surface area (Å²) in [5.41, 5.74) is 2.36. The third-order valence-electron chi connectivity index (χ3n) is 4.43. The lowest BCUT2D eigenvalue weighted by Gasteiger charge is -2.17. The van der Waals surface area contributed by atoms with Crippen molar-refractivity contribution in [2.75, 3.05) is 28.6 Å². The predicted octanol–water partition coefficient (Wildman–Crippen LogP) is 2.90. The maximum atomic E-state index is 12.4. The van der Waals surface area contributed by atoms with Gasteiger partial charge in [-0.25, -0.2) is 9.97 Å². The second-order valence-electron chi connectivity index (χ2n) is 6.40. The Balaban J connectivity index is 1.41. The van der Waals surface area contributed by atoms with Crippen molar-refractivity contribution >= 4 is 23.1 Å². The van der Waals surface area contributed by atoms with Gasteiger partial charge in [0.25, 0.3) is 5.91 Å². The highest BCUT2D eigenvalue weighted by atomic mass is 16.1. The van der Waals surface area contributed by atoms with E-state index in [0.29, 0.717) is 17.6 Å². The summed E-state index contributed by atoms with van der Waals surface area (Å²) in [5.74, 6) is 0.493. The summed E-state index contributed by atoms with van der Waals surface area (Å²) in [6.45, 7) is 2.23. The number of anilines is 3. The summed E-state index contributed by atoms with van der Waals surface area (Å²) in [6.07, 6.45) is 6.26. The number of carbonyl (C=O) groups excluding carboxylic acids is 1. The smallest absolute Gasteiger partial charge is 0.274 e. The molecule has 2 N–H and O–H groups in total. The van der Waals surface area contributed by atoms with Crippen molar-refractivity contribution in [3.63, 3.8) is 0 Å². The first kappa shape index (κ1) is 14.9. The van der Waals surface area contributed by atoms with Crippen LogP contribution in [0.3, 0.4) is 0 Å². The van der Waals surface area contributed by atoms with Crippen LogP contribution in [0.25, 0.3) is 0 Å². The Labute approximate surface area is 141 Å². The first-order valence-electron chi connectivity index (χ1n) is 8.53. The summed E-state index contributed by atoms with van der Waals surface area (Å²) in [7, 11) is 0. The first-order valence-corrected chi connectivity index (χ1v) is 8.53. The summed E-state index contributed by atoms with van der Waals surface area (Å²) in [5, 5.41) is 6.17. The fourth-order valence-corrected chi connectivity index (χ4v) is 2.92. The van der Waals surface area contributed by atoms with Crippen LogP contribution in [0.1, 0.15) is 36.2 Å². The van der Waals surface area contributed by atoms with Gasteiger partial charge in [0, 0.05) is 36.6 Å². The third kappa shape index (κ3) is 3.48. The molecule has 1 aromatic carbocycles. The molecule has 1 saturated heterocycles. The molecule has 1 saturated carbocycles. The molecule has 2 aliphatic rings. The molecule has 6 nitrogen and oxygen atoms in total. The molecule has 0 spiro atoms. The molecule has 0 bridgehead atoms. The molecule has 2 aromatic rings. The zero-order valence-electron chi connectivity index (χ0n) is 13.5. The van der Waals surface area contributed by atoms with Gasteiger partial charge in [0.05, 0.1) is 0 Å². The van der Waals surface area contributed by atoms with Crippen molar-refractivity contribution in [3.05, 3.63) is 42.4 Å². The lowest BCUT2D eigenvalue weighted by atomic mass is 10.2. The van der Waals surface area contributed by atoms with Gasteiger partial charge in [0.2, 0.25) is 0 Å². The standard InChI is InChI=1S/C18H21N5O/c24-18(16-11-17(20-12-19-16)21-13-3-4-13)22-14-5-7-15(8-6-14)23-9-1-2-10-23/h5-8,11-13H,1-4,9-10H2,(H,22,24)(H,19,20,21). The van der Waals surface area contributed by atoms with E-state index in [1.165, 1.54) is 24.9 Å². The van der Waals surface area contributed by atoms with E-state index in [1.54, 1.807) is 6.07 Å². The highest BCUT2D eigenvalue weighted by Crippen LogP contribution is 2.24. The van der Waals surface area contributed by atoms with Gasteiger partial charge in [0.1, 0.15) is 17.8 Å². The van der Waals surface area contributed by atoms with Crippen LogP contribution in [-0.2, 0) is 0 Å². The van der Waals surface area contributed by atoms with E-state index >= 15 is 0 Å². The number of hydrogen-bond donors (Lipinski definition) is 2. The molecule has 1 amide bonds. The Morgan fingerprint density at radius 2 is 1.83 bits per heavy atom. The van der Waals surface area contributed by atoms with Crippen LogP contribution >= 0.6 is 0 Å². The monoisotopic (exact) mass is 323 g/mol. The number of amides is 1.